The smallest absolute Gasteiger partial charge is 0.336 e. The lowest BCUT2D eigenvalue weighted by atomic mass is 10.0. The molecule has 1 aromatic carbocycles. The quantitative estimate of drug-likeness (QED) is 0.735. The van der Waals surface area contributed by atoms with Crippen molar-refractivity contribution in [1.29, 1.82) is 0 Å². The zero-order valence-corrected chi connectivity index (χ0v) is 8.44. The first kappa shape index (κ1) is 11.7. The maximum atomic E-state index is 13.6. The summed E-state index contributed by atoms with van der Waals surface area (Å²) in [4.78, 5) is 10.9. The molecule has 0 spiro atoms. The number of hydrogen-bond acceptors (Lipinski definition) is 1. The van der Waals surface area contributed by atoms with Gasteiger partial charge in [-0.15, -0.1) is 0 Å². The molecule has 0 radical (unpaired) electrons. The van der Waals surface area contributed by atoms with E-state index in [-0.39, 0.29) is 12.1 Å². The van der Waals surface area contributed by atoms with Gasteiger partial charge in [-0.05, 0) is 6.07 Å². The SMILES string of the molecule is O=C1NC[C@H](c2cccc(C(F)(F)F)c2F)N1. The fourth-order valence-corrected chi connectivity index (χ4v) is 1.68. The third-order valence-electron chi connectivity index (χ3n) is 2.48. The van der Waals surface area contributed by atoms with Crippen molar-refractivity contribution in [3.63, 3.8) is 0 Å². The monoisotopic (exact) mass is 248 g/mol. The van der Waals surface area contributed by atoms with Crippen molar-refractivity contribution < 1.29 is 22.4 Å². The first-order valence-electron chi connectivity index (χ1n) is 4.79. The van der Waals surface area contributed by atoms with Gasteiger partial charge in [0.2, 0.25) is 0 Å². The summed E-state index contributed by atoms with van der Waals surface area (Å²) in [6, 6.07) is 1.72. The molecule has 17 heavy (non-hydrogen) atoms. The van der Waals surface area contributed by atoms with Gasteiger partial charge in [0, 0.05) is 12.1 Å². The second-order valence-corrected chi connectivity index (χ2v) is 3.61. The van der Waals surface area contributed by atoms with E-state index in [1.54, 1.807) is 0 Å². The largest absolute Gasteiger partial charge is 0.419 e. The Morgan fingerprint density at radius 1 is 1.29 bits per heavy atom. The van der Waals surface area contributed by atoms with Crippen molar-refractivity contribution in [2.45, 2.75) is 12.2 Å². The average molecular weight is 248 g/mol. The Hall–Kier alpha value is -1.79. The summed E-state index contributed by atoms with van der Waals surface area (Å²) >= 11 is 0. The lowest BCUT2D eigenvalue weighted by Crippen LogP contribution is -2.22. The summed E-state index contributed by atoms with van der Waals surface area (Å²) < 4.78 is 51.0. The molecular formula is C10H8F4N2O. The van der Waals surface area contributed by atoms with Gasteiger partial charge in [0.1, 0.15) is 5.82 Å². The van der Waals surface area contributed by atoms with Gasteiger partial charge in [-0.1, -0.05) is 12.1 Å². The van der Waals surface area contributed by atoms with Crippen LogP contribution in [0.2, 0.25) is 0 Å². The molecule has 0 aliphatic carbocycles. The molecule has 1 fully saturated rings. The van der Waals surface area contributed by atoms with Crippen LogP contribution in [0.3, 0.4) is 0 Å². The van der Waals surface area contributed by atoms with Crippen LogP contribution in [-0.4, -0.2) is 12.6 Å². The summed E-state index contributed by atoms with van der Waals surface area (Å²) in [6.07, 6.45) is -4.74. The number of carbonyl (C=O) groups is 1. The summed E-state index contributed by atoms with van der Waals surface area (Å²) in [5.41, 5.74) is -1.49. The molecule has 1 saturated heterocycles. The molecule has 2 N–H and O–H groups in total. The lowest BCUT2D eigenvalue weighted by Gasteiger charge is -2.14. The van der Waals surface area contributed by atoms with Crippen molar-refractivity contribution in [3.05, 3.63) is 35.1 Å². The number of nitrogens with one attached hydrogen (secondary N) is 2. The van der Waals surface area contributed by atoms with E-state index in [1.807, 2.05) is 0 Å². The molecule has 1 heterocycles. The van der Waals surface area contributed by atoms with Gasteiger partial charge >= 0.3 is 12.2 Å². The van der Waals surface area contributed by atoms with Crippen LogP contribution in [0.5, 0.6) is 0 Å². The number of benzene rings is 1. The molecule has 0 unspecified atom stereocenters. The third kappa shape index (κ3) is 2.17. The average Bonchev–Trinajstić information content (AvgIpc) is 2.63. The van der Waals surface area contributed by atoms with Crippen LogP contribution in [0.1, 0.15) is 17.2 Å². The number of urea groups is 1. The van der Waals surface area contributed by atoms with E-state index in [9.17, 15) is 22.4 Å². The van der Waals surface area contributed by atoms with E-state index < -0.39 is 29.6 Å². The van der Waals surface area contributed by atoms with Gasteiger partial charge in [0.15, 0.2) is 0 Å². The zero-order valence-electron chi connectivity index (χ0n) is 8.44. The highest BCUT2D eigenvalue weighted by Crippen LogP contribution is 2.34. The van der Waals surface area contributed by atoms with Gasteiger partial charge in [0.05, 0.1) is 11.6 Å². The molecular weight excluding hydrogens is 240 g/mol. The van der Waals surface area contributed by atoms with Crippen molar-refractivity contribution in [1.82, 2.24) is 10.6 Å². The predicted octanol–water partition coefficient (Wildman–Crippen LogP) is 2.20. The number of rotatable bonds is 1. The lowest BCUT2D eigenvalue weighted by molar-refractivity contribution is -0.140. The highest BCUT2D eigenvalue weighted by molar-refractivity contribution is 5.76. The second kappa shape index (κ2) is 3.90. The Balaban J connectivity index is 2.39. The van der Waals surface area contributed by atoms with Crippen LogP contribution < -0.4 is 10.6 Å². The Labute approximate surface area is 93.8 Å². The maximum absolute atomic E-state index is 13.6. The Morgan fingerprint density at radius 3 is 2.53 bits per heavy atom. The third-order valence-corrected chi connectivity index (χ3v) is 2.48. The molecule has 1 aliphatic heterocycles. The minimum Gasteiger partial charge on any atom is -0.336 e. The summed E-state index contributed by atoms with van der Waals surface area (Å²) in [6.45, 7) is 0.0665. The molecule has 1 aliphatic rings. The first-order valence-corrected chi connectivity index (χ1v) is 4.79. The van der Waals surface area contributed by atoms with Crippen molar-refractivity contribution in [2.75, 3.05) is 6.54 Å². The summed E-state index contributed by atoms with van der Waals surface area (Å²) in [5, 5.41) is 4.69. The molecule has 1 aromatic rings. The standard InChI is InChI=1S/C10H8F4N2O/c11-8-5(7-4-15-9(17)16-7)2-1-3-6(8)10(12,13)14/h1-3,7H,4H2,(H2,15,16,17)/t7-/m1/s1. The van der Waals surface area contributed by atoms with Gasteiger partial charge in [-0.3, -0.25) is 0 Å². The second-order valence-electron chi connectivity index (χ2n) is 3.61. The molecule has 2 rings (SSSR count). The van der Waals surface area contributed by atoms with Crippen molar-refractivity contribution >= 4 is 6.03 Å². The van der Waals surface area contributed by atoms with Crippen LogP contribution in [0.4, 0.5) is 22.4 Å². The minimum absolute atomic E-state index is 0.0665. The summed E-state index contributed by atoms with van der Waals surface area (Å²) in [7, 11) is 0. The van der Waals surface area contributed by atoms with Gasteiger partial charge in [-0.2, -0.15) is 13.2 Å². The first-order chi connectivity index (χ1) is 7.89. The van der Waals surface area contributed by atoms with E-state index in [2.05, 4.69) is 10.6 Å². The number of carbonyl (C=O) groups excluding carboxylic acids is 1. The molecule has 92 valence electrons. The molecule has 2 amide bonds. The molecule has 0 bridgehead atoms. The highest BCUT2D eigenvalue weighted by Gasteiger charge is 2.36. The van der Waals surface area contributed by atoms with Gasteiger partial charge < -0.3 is 10.6 Å². The van der Waals surface area contributed by atoms with E-state index in [0.717, 1.165) is 6.07 Å². The molecule has 0 aromatic heterocycles. The van der Waals surface area contributed by atoms with Gasteiger partial charge in [-0.25, -0.2) is 9.18 Å². The fourth-order valence-electron chi connectivity index (χ4n) is 1.68. The Morgan fingerprint density at radius 2 is 2.00 bits per heavy atom. The molecule has 1 atom stereocenters. The zero-order chi connectivity index (χ0) is 12.6. The van der Waals surface area contributed by atoms with Gasteiger partial charge in [0.25, 0.3) is 0 Å². The Kier molecular flexibility index (Phi) is 2.68. The van der Waals surface area contributed by atoms with Crippen LogP contribution in [0.25, 0.3) is 0 Å². The number of hydrogen-bond donors (Lipinski definition) is 2. The molecule has 0 saturated carbocycles. The number of alkyl halides is 3. The van der Waals surface area contributed by atoms with E-state index in [4.69, 9.17) is 0 Å². The van der Waals surface area contributed by atoms with Crippen LogP contribution in [-0.2, 0) is 6.18 Å². The topological polar surface area (TPSA) is 41.1 Å². The fraction of sp³-hybridized carbons (Fsp3) is 0.300. The van der Waals surface area contributed by atoms with E-state index in [0.29, 0.717) is 6.07 Å². The minimum atomic E-state index is -4.74. The van der Waals surface area contributed by atoms with Crippen molar-refractivity contribution in [2.24, 2.45) is 0 Å². The number of halogens is 4. The van der Waals surface area contributed by atoms with Crippen LogP contribution in [0, 0.1) is 5.82 Å². The normalized spacial score (nSPS) is 20.0. The number of amides is 2. The summed E-state index contributed by atoms with van der Waals surface area (Å²) in [5.74, 6) is -1.34. The molecule has 7 heteroatoms. The van der Waals surface area contributed by atoms with Crippen LogP contribution in [0.15, 0.2) is 18.2 Å². The van der Waals surface area contributed by atoms with Crippen LogP contribution >= 0.6 is 0 Å². The Bertz CT molecular complexity index is 458. The maximum Gasteiger partial charge on any atom is 0.419 e. The van der Waals surface area contributed by atoms with E-state index in [1.165, 1.54) is 6.07 Å². The molecule has 3 nitrogen and oxygen atoms in total. The van der Waals surface area contributed by atoms with Crippen molar-refractivity contribution in [3.8, 4) is 0 Å². The highest BCUT2D eigenvalue weighted by atomic mass is 19.4. The predicted molar refractivity (Wildman–Crippen MR) is 50.7 cm³/mol. The van der Waals surface area contributed by atoms with E-state index >= 15 is 0 Å².